The van der Waals surface area contributed by atoms with Crippen molar-refractivity contribution in [2.45, 2.75) is 32.7 Å². The highest BCUT2D eigenvalue weighted by molar-refractivity contribution is 5.83. The lowest BCUT2D eigenvalue weighted by Gasteiger charge is -2.36. The Morgan fingerprint density at radius 1 is 1.00 bits per heavy atom. The van der Waals surface area contributed by atoms with E-state index in [1.165, 1.54) is 0 Å². The largest absolute Gasteiger partial charge is 0.494 e. The monoisotopic (exact) mass is 434 g/mol. The Morgan fingerprint density at radius 3 is 2.38 bits per heavy atom. The quantitative estimate of drug-likeness (QED) is 0.543. The summed E-state index contributed by atoms with van der Waals surface area (Å²) in [7, 11) is 0. The first kappa shape index (κ1) is 22.0. The maximum absolute atomic E-state index is 13.1. The van der Waals surface area contributed by atoms with Crippen LogP contribution in [0.15, 0.2) is 54.6 Å². The fourth-order valence-electron chi connectivity index (χ4n) is 4.14. The number of ether oxygens (including phenoxy) is 1. The topological polar surface area (TPSA) is 76.4 Å². The minimum absolute atomic E-state index is 0.0743. The molecular weight excluding hydrogens is 404 g/mol. The Hall–Kier alpha value is -3.26. The molecule has 8 nitrogen and oxygen atoms in total. The van der Waals surface area contributed by atoms with Crippen LogP contribution in [0.1, 0.15) is 37.6 Å². The lowest BCUT2D eigenvalue weighted by molar-refractivity contribution is -0.134. The zero-order valence-corrected chi connectivity index (χ0v) is 18.7. The zero-order valence-electron chi connectivity index (χ0n) is 18.7. The molecule has 1 saturated heterocycles. The summed E-state index contributed by atoms with van der Waals surface area (Å²) >= 11 is 0. The molecule has 4 rings (SSSR count). The van der Waals surface area contributed by atoms with Crippen LogP contribution in [0, 0.1) is 0 Å². The molecule has 1 aliphatic heterocycles. The van der Waals surface area contributed by atoms with E-state index >= 15 is 0 Å². The molecule has 0 unspecified atom stereocenters. The van der Waals surface area contributed by atoms with Crippen LogP contribution in [0.4, 0.5) is 0 Å². The molecule has 168 valence electrons. The number of carbonyl (C=O) groups excluding carboxylic acids is 1. The second-order valence-corrected chi connectivity index (χ2v) is 7.91. The van der Waals surface area contributed by atoms with Gasteiger partial charge in [0, 0.05) is 26.2 Å². The van der Waals surface area contributed by atoms with Gasteiger partial charge in [-0.1, -0.05) is 37.3 Å². The molecule has 0 spiro atoms. The van der Waals surface area contributed by atoms with Crippen molar-refractivity contribution in [2.24, 2.45) is 0 Å². The summed E-state index contributed by atoms with van der Waals surface area (Å²) in [6.07, 6.45) is 0.805. The van der Waals surface area contributed by atoms with Gasteiger partial charge >= 0.3 is 0 Å². The third-order valence-corrected chi connectivity index (χ3v) is 5.88. The molecule has 1 fully saturated rings. The summed E-state index contributed by atoms with van der Waals surface area (Å²) in [4.78, 5) is 17.4. The molecule has 0 saturated carbocycles. The van der Waals surface area contributed by atoms with Gasteiger partial charge in [-0.25, -0.2) is 0 Å². The normalized spacial score (nSPS) is 15.5. The molecule has 0 radical (unpaired) electrons. The predicted molar refractivity (Wildman–Crippen MR) is 122 cm³/mol. The summed E-state index contributed by atoms with van der Waals surface area (Å²) < 4.78 is 7.27. The standard InChI is InChI=1S/C24H30N6O2/c1-3-22(19-8-6-5-7-9-19)24(31)29-16-14-28(15-17-29)18-23-25-26-27-30(23)20-10-12-21(13-11-20)32-4-2/h5-13,22H,3-4,14-18H2,1-2H3/t22-/m0/s1. The van der Waals surface area contributed by atoms with Crippen LogP contribution in [0.25, 0.3) is 5.69 Å². The van der Waals surface area contributed by atoms with Crippen LogP contribution < -0.4 is 4.74 Å². The third-order valence-electron chi connectivity index (χ3n) is 5.88. The molecule has 1 aliphatic rings. The molecule has 0 N–H and O–H groups in total. The molecule has 8 heteroatoms. The molecule has 3 aromatic rings. The third kappa shape index (κ3) is 4.96. The van der Waals surface area contributed by atoms with E-state index in [1.807, 2.05) is 66.4 Å². The van der Waals surface area contributed by atoms with Crippen LogP contribution in [0.5, 0.6) is 5.75 Å². The van der Waals surface area contributed by atoms with Crippen molar-refractivity contribution in [2.75, 3.05) is 32.8 Å². The predicted octanol–water partition coefficient (Wildman–Crippen LogP) is 2.90. The van der Waals surface area contributed by atoms with E-state index in [4.69, 9.17) is 4.74 Å². The number of amides is 1. The molecule has 2 aromatic carbocycles. The number of tetrazole rings is 1. The minimum Gasteiger partial charge on any atom is -0.494 e. The maximum atomic E-state index is 13.1. The van der Waals surface area contributed by atoms with E-state index in [-0.39, 0.29) is 11.8 Å². The molecular formula is C24H30N6O2. The number of rotatable bonds is 8. The van der Waals surface area contributed by atoms with E-state index < -0.39 is 0 Å². The van der Waals surface area contributed by atoms with Crippen molar-refractivity contribution in [3.8, 4) is 11.4 Å². The number of benzene rings is 2. The second-order valence-electron chi connectivity index (χ2n) is 7.91. The molecule has 1 amide bonds. The number of aromatic nitrogens is 4. The zero-order chi connectivity index (χ0) is 22.3. The van der Waals surface area contributed by atoms with E-state index in [2.05, 4.69) is 27.3 Å². The highest BCUT2D eigenvalue weighted by Gasteiger charge is 2.28. The molecule has 1 aromatic heterocycles. The Kier molecular flexibility index (Phi) is 7.11. The fraction of sp³-hybridized carbons (Fsp3) is 0.417. The van der Waals surface area contributed by atoms with Crippen LogP contribution >= 0.6 is 0 Å². The van der Waals surface area contributed by atoms with E-state index in [9.17, 15) is 4.79 Å². The Balaban J connectivity index is 1.36. The number of nitrogens with zero attached hydrogens (tertiary/aromatic N) is 6. The van der Waals surface area contributed by atoms with Gasteiger partial charge in [0.25, 0.3) is 0 Å². The van der Waals surface area contributed by atoms with E-state index in [0.717, 1.165) is 42.3 Å². The van der Waals surface area contributed by atoms with Gasteiger partial charge in [-0.15, -0.1) is 5.10 Å². The Morgan fingerprint density at radius 2 is 1.72 bits per heavy atom. The molecule has 0 bridgehead atoms. The number of hydrogen-bond acceptors (Lipinski definition) is 6. The highest BCUT2D eigenvalue weighted by atomic mass is 16.5. The summed E-state index contributed by atoms with van der Waals surface area (Å²) in [5.74, 6) is 1.75. The van der Waals surface area contributed by atoms with Crippen LogP contribution in [0.3, 0.4) is 0 Å². The van der Waals surface area contributed by atoms with E-state index in [1.54, 1.807) is 4.68 Å². The van der Waals surface area contributed by atoms with Crippen LogP contribution in [-0.2, 0) is 11.3 Å². The SMILES string of the molecule is CCOc1ccc(-n2nnnc2CN2CCN(C(=O)[C@@H](CC)c3ccccc3)CC2)cc1. The van der Waals surface area contributed by atoms with Crippen molar-refractivity contribution >= 4 is 5.91 Å². The number of carbonyl (C=O) groups is 1. The first-order chi connectivity index (χ1) is 15.7. The lowest BCUT2D eigenvalue weighted by atomic mass is 9.95. The van der Waals surface area contributed by atoms with Gasteiger partial charge in [-0.2, -0.15) is 4.68 Å². The van der Waals surface area contributed by atoms with Crippen LogP contribution in [0.2, 0.25) is 0 Å². The Labute approximate surface area is 188 Å². The average Bonchev–Trinajstić information content (AvgIpc) is 3.29. The van der Waals surface area contributed by atoms with Gasteiger partial charge in [0.2, 0.25) is 5.91 Å². The Bertz CT molecular complexity index is 997. The van der Waals surface area contributed by atoms with Crippen molar-refractivity contribution < 1.29 is 9.53 Å². The second kappa shape index (κ2) is 10.4. The van der Waals surface area contributed by atoms with Crippen LogP contribution in [-0.4, -0.2) is 68.7 Å². The first-order valence-corrected chi connectivity index (χ1v) is 11.3. The van der Waals surface area contributed by atoms with Crippen molar-refractivity contribution in [1.82, 2.24) is 30.0 Å². The maximum Gasteiger partial charge on any atom is 0.230 e. The van der Waals surface area contributed by atoms with Gasteiger partial charge in [-0.3, -0.25) is 9.69 Å². The smallest absolute Gasteiger partial charge is 0.230 e. The molecule has 0 aliphatic carbocycles. The van der Waals surface area contributed by atoms with Crippen molar-refractivity contribution in [3.05, 3.63) is 66.0 Å². The highest BCUT2D eigenvalue weighted by Crippen LogP contribution is 2.23. The van der Waals surface area contributed by atoms with Crippen molar-refractivity contribution in [1.29, 1.82) is 0 Å². The minimum atomic E-state index is -0.0743. The fourth-order valence-corrected chi connectivity index (χ4v) is 4.14. The van der Waals surface area contributed by atoms with Gasteiger partial charge in [0.15, 0.2) is 5.82 Å². The summed E-state index contributed by atoms with van der Waals surface area (Å²) in [5.41, 5.74) is 1.99. The first-order valence-electron chi connectivity index (χ1n) is 11.3. The summed E-state index contributed by atoms with van der Waals surface area (Å²) in [5, 5.41) is 12.3. The van der Waals surface area contributed by atoms with E-state index in [0.29, 0.717) is 26.2 Å². The molecule has 32 heavy (non-hydrogen) atoms. The van der Waals surface area contributed by atoms with Gasteiger partial charge in [-0.05, 0) is 53.6 Å². The molecule has 2 heterocycles. The summed E-state index contributed by atoms with van der Waals surface area (Å²) in [6, 6.07) is 17.8. The van der Waals surface area contributed by atoms with Crippen molar-refractivity contribution in [3.63, 3.8) is 0 Å². The summed E-state index contributed by atoms with van der Waals surface area (Å²) in [6.45, 7) is 8.34. The average molecular weight is 435 g/mol. The van der Waals surface area contributed by atoms with Gasteiger partial charge in [0.1, 0.15) is 5.75 Å². The molecule has 1 atom stereocenters. The number of hydrogen-bond donors (Lipinski definition) is 0. The lowest BCUT2D eigenvalue weighted by Crippen LogP contribution is -2.49. The van der Waals surface area contributed by atoms with Gasteiger partial charge in [0.05, 0.1) is 24.8 Å². The van der Waals surface area contributed by atoms with Gasteiger partial charge < -0.3 is 9.64 Å². The number of piperazine rings is 1.